The Morgan fingerprint density at radius 2 is 1.71 bits per heavy atom. The van der Waals surface area contributed by atoms with Crippen molar-refractivity contribution in [3.05, 3.63) is 101 Å². The maximum absolute atomic E-state index is 9.83. The fourth-order valence-electron chi connectivity index (χ4n) is 2.83. The third kappa shape index (κ3) is 4.27. The van der Waals surface area contributed by atoms with Crippen LogP contribution in [0.2, 0.25) is 5.02 Å². The van der Waals surface area contributed by atoms with Crippen molar-refractivity contribution in [3.8, 4) is 5.75 Å². The largest absolute Gasteiger partial charge is 0.507 e. The lowest BCUT2D eigenvalue weighted by atomic mass is 10.1. The number of pyridine rings is 1. The van der Waals surface area contributed by atoms with Crippen molar-refractivity contribution in [2.24, 2.45) is 4.99 Å². The van der Waals surface area contributed by atoms with E-state index >= 15 is 0 Å². The predicted molar refractivity (Wildman–Crippen MR) is 117 cm³/mol. The minimum atomic E-state index is 0.213. The summed E-state index contributed by atoms with van der Waals surface area (Å²) in [6.45, 7) is 0. The lowest BCUT2D eigenvalue weighted by Crippen LogP contribution is -1.83. The number of halogens is 1. The van der Waals surface area contributed by atoms with E-state index < -0.39 is 0 Å². The second-order valence-electron chi connectivity index (χ2n) is 6.32. The number of aromatic hydroxyl groups is 1. The first-order valence-electron chi connectivity index (χ1n) is 8.84. The monoisotopic (exact) mass is 384 g/mol. The van der Waals surface area contributed by atoms with Gasteiger partial charge in [-0.15, -0.1) is 0 Å². The number of para-hydroxylation sites is 1. The van der Waals surface area contributed by atoms with Gasteiger partial charge in [-0.25, -0.2) is 4.98 Å². The number of aromatic nitrogens is 1. The van der Waals surface area contributed by atoms with Gasteiger partial charge in [-0.3, -0.25) is 4.99 Å². The average Bonchev–Trinajstić information content (AvgIpc) is 2.71. The zero-order valence-corrected chi connectivity index (χ0v) is 15.7. The van der Waals surface area contributed by atoms with Gasteiger partial charge >= 0.3 is 0 Å². The van der Waals surface area contributed by atoms with Crippen LogP contribution in [-0.2, 0) is 0 Å². The number of benzene rings is 3. The van der Waals surface area contributed by atoms with Crippen LogP contribution >= 0.6 is 11.6 Å². The molecule has 0 unspecified atom stereocenters. The van der Waals surface area contributed by atoms with Gasteiger partial charge in [-0.05, 0) is 54.1 Å². The van der Waals surface area contributed by atoms with Gasteiger partial charge in [-0.2, -0.15) is 0 Å². The molecule has 3 aromatic carbocycles. The van der Waals surface area contributed by atoms with Crippen LogP contribution < -0.4 is 0 Å². The number of hydrogen-bond donors (Lipinski definition) is 1. The molecule has 0 atom stereocenters. The van der Waals surface area contributed by atoms with E-state index in [0.717, 1.165) is 27.8 Å². The van der Waals surface area contributed by atoms with Gasteiger partial charge in [0.1, 0.15) is 5.75 Å². The molecular weight excluding hydrogens is 368 g/mol. The number of fused-ring (bicyclic) bond motifs is 1. The highest BCUT2D eigenvalue weighted by Gasteiger charge is 1.99. The Kier molecular flexibility index (Phi) is 5.18. The molecule has 3 nitrogen and oxygen atoms in total. The smallest absolute Gasteiger partial charge is 0.124 e. The van der Waals surface area contributed by atoms with E-state index in [9.17, 15) is 5.11 Å². The van der Waals surface area contributed by atoms with Crippen LogP contribution in [-0.4, -0.2) is 16.3 Å². The molecule has 0 aliphatic carbocycles. The van der Waals surface area contributed by atoms with E-state index in [0.29, 0.717) is 10.6 Å². The molecule has 0 radical (unpaired) electrons. The lowest BCUT2D eigenvalue weighted by Gasteiger charge is -2.01. The Hall–Kier alpha value is -3.43. The zero-order valence-electron chi connectivity index (χ0n) is 15.0. The second-order valence-corrected chi connectivity index (χ2v) is 6.75. The summed E-state index contributed by atoms with van der Waals surface area (Å²) in [7, 11) is 0. The Labute approximate surface area is 168 Å². The van der Waals surface area contributed by atoms with Crippen molar-refractivity contribution in [3.63, 3.8) is 0 Å². The topological polar surface area (TPSA) is 45.5 Å². The quantitative estimate of drug-likeness (QED) is 0.407. The van der Waals surface area contributed by atoms with E-state index in [1.807, 2.05) is 78.9 Å². The molecule has 0 saturated carbocycles. The van der Waals surface area contributed by atoms with Crippen molar-refractivity contribution in [2.45, 2.75) is 0 Å². The van der Waals surface area contributed by atoms with Gasteiger partial charge in [0.15, 0.2) is 0 Å². The zero-order chi connectivity index (χ0) is 19.3. The van der Waals surface area contributed by atoms with Crippen LogP contribution in [0.3, 0.4) is 0 Å². The van der Waals surface area contributed by atoms with E-state index in [1.165, 1.54) is 0 Å². The summed E-state index contributed by atoms with van der Waals surface area (Å²) in [5, 5.41) is 11.6. The van der Waals surface area contributed by atoms with Crippen LogP contribution in [0, 0.1) is 0 Å². The van der Waals surface area contributed by atoms with E-state index in [4.69, 9.17) is 11.6 Å². The number of rotatable bonds is 4. The van der Waals surface area contributed by atoms with Gasteiger partial charge in [0, 0.05) is 22.2 Å². The normalized spacial score (nSPS) is 11.6. The molecule has 136 valence electrons. The second kappa shape index (κ2) is 8.07. The SMILES string of the molecule is Oc1ccccc1/C=N/c1cccc(/C=C/c2ccc3ccc(Cl)cc3n2)c1. The molecule has 28 heavy (non-hydrogen) atoms. The third-order valence-electron chi connectivity index (χ3n) is 4.28. The fraction of sp³-hybridized carbons (Fsp3) is 0. The van der Waals surface area contributed by atoms with Crippen molar-refractivity contribution in [1.82, 2.24) is 4.98 Å². The van der Waals surface area contributed by atoms with Gasteiger partial charge in [-0.1, -0.05) is 54.1 Å². The molecule has 0 aliphatic rings. The Balaban J connectivity index is 1.55. The summed E-state index contributed by atoms with van der Waals surface area (Å²) in [4.78, 5) is 9.09. The van der Waals surface area contributed by atoms with Crippen molar-refractivity contribution in [2.75, 3.05) is 0 Å². The molecule has 4 aromatic rings. The summed E-state index contributed by atoms with van der Waals surface area (Å²) in [6, 6.07) is 24.7. The first kappa shape index (κ1) is 18.0. The lowest BCUT2D eigenvalue weighted by molar-refractivity contribution is 0.474. The minimum absolute atomic E-state index is 0.213. The summed E-state index contributed by atoms with van der Waals surface area (Å²) in [5.41, 5.74) is 4.24. The third-order valence-corrected chi connectivity index (χ3v) is 4.52. The molecule has 4 rings (SSSR count). The molecule has 0 amide bonds. The maximum atomic E-state index is 9.83. The number of hydrogen-bond acceptors (Lipinski definition) is 3. The minimum Gasteiger partial charge on any atom is -0.507 e. The molecule has 1 heterocycles. The number of nitrogens with zero attached hydrogens (tertiary/aromatic N) is 2. The molecular formula is C24H17ClN2O. The Bertz CT molecular complexity index is 1200. The van der Waals surface area contributed by atoms with Crippen molar-refractivity contribution in [1.29, 1.82) is 0 Å². The van der Waals surface area contributed by atoms with Gasteiger partial charge in [0.05, 0.1) is 16.9 Å². The molecule has 0 spiro atoms. The first-order valence-corrected chi connectivity index (χ1v) is 9.22. The summed E-state index contributed by atoms with van der Waals surface area (Å²) < 4.78 is 0. The predicted octanol–water partition coefficient (Wildman–Crippen LogP) is 6.51. The highest BCUT2D eigenvalue weighted by molar-refractivity contribution is 6.31. The van der Waals surface area contributed by atoms with Crippen LogP contribution in [0.4, 0.5) is 5.69 Å². The molecule has 0 bridgehead atoms. The van der Waals surface area contributed by atoms with E-state index in [2.05, 4.69) is 9.98 Å². The number of aliphatic imine (C=N–C) groups is 1. The van der Waals surface area contributed by atoms with Crippen LogP contribution in [0.15, 0.2) is 83.9 Å². The van der Waals surface area contributed by atoms with E-state index in [1.54, 1.807) is 18.3 Å². The summed E-state index contributed by atoms with van der Waals surface area (Å²) in [5.74, 6) is 0.213. The first-order chi connectivity index (χ1) is 13.7. The molecule has 4 heteroatoms. The molecule has 0 saturated heterocycles. The van der Waals surface area contributed by atoms with Crippen LogP contribution in [0.5, 0.6) is 5.75 Å². The van der Waals surface area contributed by atoms with Gasteiger partial charge in [0.25, 0.3) is 0 Å². The molecule has 0 aliphatic heterocycles. The van der Waals surface area contributed by atoms with Crippen molar-refractivity contribution >= 4 is 46.6 Å². The molecule has 1 aromatic heterocycles. The van der Waals surface area contributed by atoms with Crippen molar-refractivity contribution < 1.29 is 5.11 Å². The standard InChI is InChI=1S/C24H17ClN2O/c25-20-11-9-18-10-13-21(27-23(18)15-20)12-8-17-4-3-6-22(14-17)26-16-19-5-1-2-7-24(19)28/h1-16,28H/b12-8+,26-16+. The van der Waals surface area contributed by atoms with E-state index in [-0.39, 0.29) is 5.75 Å². The number of phenolic OH excluding ortho intramolecular Hbond substituents is 1. The highest BCUT2D eigenvalue weighted by atomic mass is 35.5. The van der Waals surface area contributed by atoms with Gasteiger partial charge in [0.2, 0.25) is 0 Å². The van der Waals surface area contributed by atoms with Gasteiger partial charge < -0.3 is 5.11 Å². The summed E-state index contributed by atoms with van der Waals surface area (Å²) >= 11 is 6.06. The van der Waals surface area contributed by atoms with Crippen LogP contribution in [0.25, 0.3) is 23.1 Å². The molecule has 0 fully saturated rings. The Morgan fingerprint density at radius 1 is 0.857 bits per heavy atom. The summed E-state index contributed by atoms with van der Waals surface area (Å²) in [6.07, 6.45) is 5.62. The molecule has 1 N–H and O–H groups in total. The maximum Gasteiger partial charge on any atom is 0.124 e. The highest BCUT2D eigenvalue weighted by Crippen LogP contribution is 2.20. The number of phenols is 1. The average molecular weight is 385 g/mol. The Morgan fingerprint density at radius 3 is 2.61 bits per heavy atom. The fourth-order valence-corrected chi connectivity index (χ4v) is 3.00. The van der Waals surface area contributed by atoms with Crippen LogP contribution in [0.1, 0.15) is 16.8 Å².